The molecule has 1 aromatic heterocycles. The molecule has 0 saturated carbocycles. The Bertz CT molecular complexity index is 412. The first-order valence-electron chi connectivity index (χ1n) is 5.80. The summed E-state index contributed by atoms with van der Waals surface area (Å²) in [6.07, 6.45) is 6.67. The van der Waals surface area contributed by atoms with Gasteiger partial charge in [-0.3, -0.25) is 4.79 Å². The largest absolute Gasteiger partial charge is 0.295 e. The first kappa shape index (κ1) is 11.5. The lowest BCUT2D eigenvalue weighted by Crippen LogP contribution is -1.93. The third-order valence-electron chi connectivity index (χ3n) is 2.99. The lowest BCUT2D eigenvalue weighted by atomic mass is 10.1. The van der Waals surface area contributed by atoms with Gasteiger partial charge in [-0.1, -0.05) is 5.57 Å². The Kier molecular flexibility index (Phi) is 3.54. The number of thiazole rings is 1. The summed E-state index contributed by atoms with van der Waals surface area (Å²) in [7, 11) is 0. The number of hydrogen-bond acceptors (Lipinski definition) is 3. The van der Waals surface area contributed by atoms with Crippen molar-refractivity contribution in [2.75, 3.05) is 0 Å². The first-order chi connectivity index (χ1) is 7.65. The van der Waals surface area contributed by atoms with Gasteiger partial charge in [0.25, 0.3) is 0 Å². The third-order valence-corrected chi connectivity index (χ3v) is 4.06. The molecule has 0 atom stereocenters. The van der Waals surface area contributed by atoms with E-state index in [-0.39, 0.29) is 5.78 Å². The summed E-state index contributed by atoms with van der Waals surface area (Å²) in [6, 6.07) is 0. The Labute approximate surface area is 100 Å². The molecule has 1 aliphatic rings. The van der Waals surface area contributed by atoms with Gasteiger partial charge in [0, 0.05) is 17.7 Å². The normalized spacial score (nSPS) is 17.1. The summed E-state index contributed by atoms with van der Waals surface area (Å²) < 4.78 is 0. The standard InChI is InChI=1S/C13H17NOS/c1-9-10(2)16-13(14-9)8-11-5-3-4-6-12(15)7-11/h7H,3-6,8H2,1-2H3. The molecule has 1 aromatic rings. The number of carbonyl (C=O) groups excluding carboxylic acids is 1. The second-order valence-corrected chi connectivity index (χ2v) is 5.69. The Hall–Kier alpha value is -0.960. The highest BCUT2D eigenvalue weighted by atomic mass is 32.1. The minimum atomic E-state index is 0.289. The Morgan fingerprint density at radius 1 is 1.31 bits per heavy atom. The molecule has 86 valence electrons. The van der Waals surface area contributed by atoms with Gasteiger partial charge in [-0.15, -0.1) is 11.3 Å². The average Bonchev–Trinajstić information content (AvgIpc) is 2.43. The maximum Gasteiger partial charge on any atom is 0.155 e. The van der Waals surface area contributed by atoms with Crippen molar-refractivity contribution in [1.82, 2.24) is 4.98 Å². The fourth-order valence-electron chi connectivity index (χ4n) is 1.97. The van der Waals surface area contributed by atoms with Crippen molar-refractivity contribution in [3.8, 4) is 0 Å². The fraction of sp³-hybridized carbons (Fsp3) is 0.538. The molecule has 0 amide bonds. The van der Waals surface area contributed by atoms with E-state index in [1.165, 1.54) is 10.5 Å². The predicted octanol–water partition coefficient (Wildman–Crippen LogP) is 3.37. The van der Waals surface area contributed by atoms with Crippen LogP contribution in [0.4, 0.5) is 0 Å². The maximum atomic E-state index is 11.5. The molecular weight excluding hydrogens is 218 g/mol. The van der Waals surface area contributed by atoms with E-state index >= 15 is 0 Å². The van der Waals surface area contributed by atoms with Crippen LogP contribution in [0.2, 0.25) is 0 Å². The maximum absolute atomic E-state index is 11.5. The third kappa shape index (κ3) is 2.79. The van der Waals surface area contributed by atoms with Crippen LogP contribution in [0.1, 0.15) is 41.3 Å². The molecule has 16 heavy (non-hydrogen) atoms. The zero-order chi connectivity index (χ0) is 11.5. The predicted molar refractivity (Wildman–Crippen MR) is 66.9 cm³/mol. The molecular formula is C13H17NOS. The van der Waals surface area contributed by atoms with Crippen LogP contribution in [0, 0.1) is 13.8 Å². The first-order valence-corrected chi connectivity index (χ1v) is 6.62. The van der Waals surface area contributed by atoms with Crippen LogP contribution >= 0.6 is 11.3 Å². The van der Waals surface area contributed by atoms with Gasteiger partial charge < -0.3 is 0 Å². The molecule has 0 aliphatic heterocycles. The SMILES string of the molecule is Cc1nc(CC2=CC(=O)CCCC2)sc1C. The van der Waals surface area contributed by atoms with Gasteiger partial charge in [-0.25, -0.2) is 4.98 Å². The molecule has 1 heterocycles. The van der Waals surface area contributed by atoms with E-state index < -0.39 is 0 Å². The minimum Gasteiger partial charge on any atom is -0.295 e. The van der Waals surface area contributed by atoms with Gasteiger partial charge in [-0.2, -0.15) is 0 Å². The number of hydrogen-bond donors (Lipinski definition) is 0. The highest BCUT2D eigenvalue weighted by Crippen LogP contribution is 2.23. The summed E-state index contributed by atoms with van der Waals surface area (Å²) in [5.74, 6) is 0.289. The monoisotopic (exact) mass is 235 g/mol. The molecule has 0 radical (unpaired) electrons. The Morgan fingerprint density at radius 2 is 2.06 bits per heavy atom. The molecule has 0 unspecified atom stereocenters. The van der Waals surface area contributed by atoms with E-state index in [1.807, 2.05) is 13.0 Å². The van der Waals surface area contributed by atoms with Crippen molar-refractivity contribution in [3.63, 3.8) is 0 Å². The zero-order valence-electron chi connectivity index (χ0n) is 9.88. The van der Waals surface area contributed by atoms with E-state index in [0.717, 1.165) is 42.8 Å². The second kappa shape index (κ2) is 4.91. The van der Waals surface area contributed by atoms with Gasteiger partial charge >= 0.3 is 0 Å². The lowest BCUT2D eigenvalue weighted by Gasteiger charge is -2.00. The van der Waals surface area contributed by atoms with Crippen LogP contribution in [-0.4, -0.2) is 10.8 Å². The average molecular weight is 235 g/mol. The molecule has 0 fully saturated rings. The summed E-state index contributed by atoms with van der Waals surface area (Å²) in [5.41, 5.74) is 2.39. The molecule has 3 heteroatoms. The number of aromatic nitrogens is 1. The van der Waals surface area contributed by atoms with Crippen molar-refractivity contribution in [2.45, 2.75) is 46.0 Å². The number of allylic oxidation sites excluding steroid dienone is 2. The van der Waals surface area contributed by atoms with E-state index in [0.29, 0.717) is 0 Å². The Balaban J connectivity index is 2.11. The smallest absolute Gasteiger partial charge is 0.155 e. The van der Waals surface area contributed by atoms with Gasteiger partial charge in [-0.05, 0) is 39.2 Å². The minimum absolute atomic E-state index is 0.289. The zero-order valence-corrected chi connectivity index (χ0v) is 10.7. The van der Waals surface area contributed by atoms with Crippen LogP contribution in [0.3, 0.4) is 0 Å². The van der Waals surface area contributed by atoms with Crippen LogP contribution in [-0.2, 0) is 11.2 Å². The molecule has 0 spiro atoms. The number of carbonyl (C=O) groups is 1. The van der Waals surface area contributed by atoms with Gasteiger partial charge in [0.05, 0.1) is 10.7 Å². The van der Waals surface area contributed by atoms with E-state index in [2.05, 4.69) is 11.9 Å². The summed E-state index contributed by atoms with van der Waals surface area (Å²) in [5, 5.41) is 1.15. The molecule has 1 aliphatic carbocycles. The van der Waals surface area contributed by atoms with Crippen LogP contribution in [0.25, 0.3) is 0 Å². The van der Waals surface area contributed by atoms with Crippen LogP contribution < -0.4 is 0 Å². The van der Waals surface area contributed by atoms with Crippen LogP contribution in [0.15, 0.2) is 11.6 Å². The topological polar surface area (TPSA) is 30.0 Å². The second-order valence-electron chi connectivity index (χ2n) is 4.40. The molecule has 2 nitrogen and oxygen atoms in total. The molecule has 0 N–H and O–H groups in total. The summed E-state index contributed by atoms with van der Waals surface area (Å²) in [6.45, 7) is 4.14. The molecule has 2 rings (SSSR count). The van der Waals surface area contributed by atoms with Gasteiger partial charge in [0.15, 0.2) is 5.78 Å². The van der Waals surface area contributed by atoms with Crippen molar-refractivity contribution < 1.29 is 4.79 Å². The molecule has 0 bridgehead atoms. The van der Waals surface area contributed by atoms with E-state index in [4.69, 9.17) is 0 Å². The van der Waals surface area contributed by atoms with Crippen molar-refractivity contribution >= 4 is 17.1 Å². The summed E-state index contributed by atoms with van der Waals surface area (Å²) in [4.78, 5) is 17.3. The highest BCUT2D eigenvalue weighted by Gasteiger charge is 2.11. The van der Waals surface area contributed by atoms with Crippen molar-refractivity contribution in [1.29, 1.82) is 0 Å². The fourth-order valence-corrected chi connectivity index (χ4v) is 2.96. The van der Waals surface area contributed by atoms with Crippen molar-refractivity contribution in [3.05, 3.63) is 27.2 Å². The van der Waals surface area contributed by atoms with Crippen molar-refractivity contribution in [2.24, 2.45) is 0 Å². The van der Waals surface area contributed by atoms with E-state index in [1.54, 1.807) is 11.3 Å². The highest BCUT2D eigenvalue weighted by molar-refractivity contribution is 7.11. The number of aryl methyl sites for hydroxylation is 2. The quantitative estimate of drug-likeness (QED) is 0.786. The van der Waals surface area contributed by atoms with Crippen LogP contribution in [0.5, 0.6) is 0 Å². The molecule has 0 saturated heterocycles. The summed E-state index contributed by atoms with van der Waals surface area (Å²) >= 11 is 1.75. The lowest BCUT2D eigenvalue weighted by molar-refractivity contribution is -0.114. The van der Waals surface area contributed by atoms with E-state index in [9.17, 15) is 4.79 Å². The Morgan fingerprint density at radius 3 is 2.75 bits per heavy atom. The molecule has 0 aromatic carbocycles. The number of nitrogens with zero attached hydrogens (tertiary/aromatic N) is 1. The number of rotatable bonds is 2. The van der Waals surface area contributed by atoms with Gasteiger partial charge in [0.1, 0.15) is 0 Å². The van der Waals surface area contributed by atoms with Gasteiger partial charge in [0.2, 0.25) is 0 Å². The number of ketones is 1.